The molecule has 4 atom stereocenters. The average molecular weight is 452 g/mol. The molecule has 0 spiro atoms. The number of nitrogens with one attached hydrogen (secondary N) is 2. The standard InChI is InChI=1S/C22H37N5O5/c1-3-14(2)19(21(32)26-16(13-28)5-4-12-25-22(23)24)27-20(31)18(30)11-8-15-6-9-17(29)10-7-15/h6-7,9-10,14,16,18-19,28-30H,3-5,8,11-13H2,1-2H3,(H,26,32)(H,27,31)(H4,23,24,25)/t14-,16+,18?,19+/m1/s1. The lowest BCUT2D eigenvalue weighted by Gasteiger charge is -2.27. The first-order valence-corrected chi connectivity index (χ1v) is 10.9. The van der Waals surface area contributed by atoms with Crippen molar-refractivity contribution in [2.45, 2.75) is 64.1 Å². The first kappa shape index (κ1) is 27.2. The summed E-state index contributed by atoms with van der Waals surface area (Å²) in [6, 6.07) is 5.18. The molecule has 0 aliphatic rings. The molecule has 180 valence electrons. The Hall–Kier alpha value is -2.85. The number of rotatable bonds is 14. The second-order valence-corrected chi connectivity index (χ2v) is 7.93. The monoisotopic (exact) mass is 451 g/mol. The van der Waals surface area contributed by atoms with Crippen LogP contribution in [0.3, 0.4) is 0 Å². The van der Waals surface area contributed by atoms with E-state index in [1.165, 1.54) is 0 Å². The van der Waals surface area contributed by atoms with Crippen molar-refractivity contribution in [3.8, 4) is 5.75 Å². The number of aliphatic hydroxyl groups excluding tert-OH is 2. The van der Waals surface area contributed by atoms with Crippen LogP contribution in [0.25, 0.3) is 0 Å². The van der Waals surface area contributed by atoms with Gasteiger partial charge in [0, 0.05) is 6.54 Å². The molecule has 0 fully saturated rings. The zero-order chi connectivity index (χ0) is 24.1. The van der Waals surface area contributed by atoms with Crippen LogP contribution in [0.5, 0.6) is 5.75 Å². The number of nitrogens with two attached hydrogens (primary N) is 2. The van der Waals surface area contributed by atoms with Crippen molar-refractivity contribution in [2.75, 3.05) is 13.2 Å². The van der Waals surface area contributed by atoms with Crippen LogP contribution >= 0.6 is 0 Å². The van der Waals surface area contributed by atoms with Crippen molar-refractivity contribution in [2.24, 2.45) is 22.4 Å². The number of phenolic OH excluding ortho intramolecular Hbond substituents is 1. The number of hydrogen-bond donors (Lipinski definition) is 7. The zero-order valence-electron chi connectivity index (χ0n) is 18.8. The molecule has 1 unspecified atom stereocenters. The maximum atomic E-state index is 12.8. The molecule has 1 rings (SSSR count). The van der Waals surface area contributed by atoms with Crippen molar-refractivity contribution in [1.29, 1.82) is 0 Å². The summed E-state index contributed by atoms with van der Waals surface area (Å²) in [6.45, 7) is 3.86. The van der Waals surface area contributed by atoms with Gasteiger partial charge in [0.1, 0.15) is 17.9 Å². The van der Waals surface area contributed by atoms with E-state index in [0.717, 1.165) is 5.56 Å². The van der Waals surface area contributed by atoms with Crippen LogP contribution in [0.4, 0.5) is 0 Å². The average Bonchev–Trinajstić information content (AvgIpc) is 2.77. The van der Waals surface area contributed by atoms with Crippen LogP contribution < -0.4 is 22.1 Å². The Bertz CT molecular complexity index is 737. The minimum atomic E-state index is -1.28. The minimum Gasteiger partial charge on any atom is -0.508 e. The van der Waals surface area contributed by atoms with Crippen LogP contribution in [-0.2, 0) is 16.0 Å². The highest BCUT2D eigenvalue weighted by atomic mass is 16.3. The molecule has 32 heavy (non-hydrogen) atoms. The van der Waals surface area contributed by atoms with E-state index in [9.17, 15) is 24.9 Å². The van der Waals surface area contributed by atoms with Gasteiger partial charge in [-0.15, -0.1) is 0 Å². The van der Waals surface area contributed by atoms with Gasteiger partial charge in [-0.1, -0.05) is 32.4 Å². The van der Waals surface area contributed by atoms with Gasteiger partial charge in [-0.05, 0) is 49.3 Å². The van der Waals surface area contributed by atoms with E-state index in [2.05, 4.69) is 15.6 Å². The lowest BCUT2D eigenvalue weighted by atomic mass is 9.97. The zero-order valence-corrected chi connectivity index (χ0v) is 18.8. The number of aliphatic imine (C=N–C) groups is 1. The van der Waals surface area contributed by atoms with Crippen molar-refractivity contribution >= 4 is 17.8 Å². The molecule has 1 aromatic rings. The minimum absolute atomic E-state index is 0.0156. The number of carbonyl (C=O) groups is 2. The third-order valence-electron chi connectivity index (χ3n) is 5.31. The Morgan fingerprint density at radius 2 is 1.75 bits per heavy atom. The highest BCUT2D eigenvalue weighted by Crippen LogP contribution is 2.13. The van der Waals surface area contributed by atoms with Gasteiger partial charge in [0.25, 0.3) is 0 Å². The molecule has 0 radical (unpaired) electrons. The molecule has 0 aromatic heterocycles. The predicted octanol–water partition coefficient (Wildman–Crippen LogP) is -0.253. The first-order chi connectivity index (χ1) is 15.2. The third kappa shape index (κ3) is 9.97. The SMILES string of the molecule is CC[C@@H](C)[C@H](NC(=O)C(O)CCc1ccc(O)cc1)C(=O)N[C@H](CO)CCCN=C(N)N. The number of benzene rings is 1. The normalized spacial score (nSPS) is 14.6. The summed E-state index contributed by atoms with van der Waals surface area (Å²) in [5.74, 6) is -1.09. The van der Waals surface area contributed by atoms with Crippen molar-refractivity contribution < 1.29 is 24.9 Å². The molecular formula is C22H37N5O5. The van der Waals surface area contributed by atoms with Crippen LogP contribution in [0.15, 0.2) is 29.3 Å². The van der Waals surface area contributed by atoms with Crippen molar-refractivity contribution in [1.82, 2.24) is 10.6 Å². The van der Waals surface area contributed by atoms with Crippen LogP contribution in [0, 0.1) is 5.92 Å². The summed E-state index contributed by atoms with van der Waals surface area (Å²) < 4.78 is 0. The molecule has 10 nitrogen and oxygen atoms in total. The highest BCUT2D eigenvalue weighted by Gasteiger charge is 2.29. The number of carbonyl (C=O) groups excluding carboxylic acids is 2. The largest absolute Gasteiger partial charge is 0.508 e. The summed E-state index contributed by atoms with van der Waals surface area (Å²) in [7, 11) is 0. The number of aliphatic hydroxyl groups is 2. The first-order valence-electron chi connectivity index (χ1n) is 10.9. The van der Waals surface area contributed by atoms with Gasteiger partial charge >= 0.3 is 0 Å². The molecule has 0 heterocycles. The molecular weight excluding hydrogens is 414 g/mol. The number of hydrogen-bond acceptors (Lipinski definition) is 6. The maximum absolute atomic E-state index is 12.8. The van der Waals surface area contributed by atoms with Gasteiger partial charge in [0.05, 0.1) is 12.6 Å². The number of aromatic hydroxyl groups is 1. The van der Waals surface area contributed by atoms with Gasteiger partial charge < -0.3 is 37.4 Å². The van der Waals surface area contributed by atoms with Crippen LogP contribution in [0.2, 0.25) is 0 Å². The smallest absolute Gasteiger partial charge is 0.249 e. The highest BCUT2D eigenvalue weighted by molar-refractivity contribution is 5.89. The second kappa shape index (κ2) is 14.3. The van der Waals surface area contributed by atoms with E-state index in [1.54, 1.807) is 24.3 Å². The quantitative estimate of drug-likeness (QED) is 0.115. The molecule has 9 N–H and O–H groups in total. The molecule has 0 aliphatic heterocycles. The van der Waals surface area contributed by atoms with Crippen molar-refractivity contribution in [3.63, 3.8) is 0 Å². The molecule has 10 heteroatoms. The van der Waals surface area contributed by atoms with Crippen LogP contribution in [0.1, 0.15) is 45.1 Å². The fraction of sp³-hybridized carbons (Fsp3) is 0.591. The van der Waals surface area contributed by atoms with E-state index in [-0.39, 0.29) is 30.7 Å². The predicted molar refractivity (Wildman–Crippen MR) is 123 cm³/mol. The second-order valence-electron chi connectivity index (χ2n) is 7.93. The lowest BCUT2D eigenvalue weighted by Crippen LogP contribution is -2.55. The summed E-state index contributed by atoms with van der Waals surface area (Å²) >= 11 is 0. The van der Waals surface area contributed by atoms with E-state index in [1.807, 2.05) is 13.8 Å². The van der Waals surface area contributed by atoms with E-state index < -0.39 is 30.0 Å². The fourth-order valence-electron chi connectivity index (χ4n) is 3.09. The Morgan fingerprint density at radius 3 is 2.31 bits per heavy atom. The number of guanidine groups is 1. The van der Waals surface area contributed by atoms with Crippen molar-refractivity contribution in [3.05, 3.63) is 29.8 Å². The Balaban J connectivity index is 2.64. The van der Waals surface area contributed by atoms with Gasteiger partial charge in [0.2, 0.25) is 11.8 Å². The Kier molecular flexibility index (Phi) is 12.1. The molecule has 0 bridgehead atoms. The molecule has 0 aliphatic carbocycles. The molecule has 1 aromatic carbocycles. The number of aryl methyl sites for hydroxylation is 1. The number of phenols is 1. The summed E-state index contributed by atoms with van der Waals surface area (Å²) in [6.07, 6.45) is 1.01. The van der Waals surface area contributed by atoms with Gasteiger partial charge in [0.15, 0.2) is 5.96 Å². The topological polar surface area (TPSA) is 183 Å². The van der Waals surface area contributed by atoms with Gasteiger partial charge in [-0.25, -0.2) is 0 Å². The fourth-order valence-corrected chi connectivity index (χ4v) is 3.09. The van der Waals surface area contributed by atoms with E-state index in [4.69, 9.17) is 11.5 Å². The third-order valence-corrected chi connectivity index (χ3v) is 5.31. The van der Waals surface area contributed by atoms with E-state index >= 15 is 0 Å². The molecule has 2 amide bonds. The Morgan fingerprint density at radius 1 is 1.09 bits per heavy atom. The van der Waals surface area contributed by atoms with Crippen LogP contribution in [-0.4, -0.2) is 64.4 Å². The summed E-state index contributed by atoms with van der Waals surface area (Å²) in [4.78, 5) is 29.2. The maximum Gasteiger partial charge on any atom is 0.249 e. The van der Waals surface area contributed by atoms with Gasteiger partial charge in [-0.2, -0.15) is 0 Å². The summed E-state index contributed by atoms with van der Waals surface area (Å²) in [5.41, 5.74) is 11.4. The van der Waals surface area contributed by atoms with E-state index in [0.29, 0.717) is 32.2 Å². The number of nitrogens with zero attached hydrogens (tertiary/aromatic N) is 1. The van der Waals surface area contributed by atoms with Gasteiger partial charge in [-0.3, -0.25) is 14.6 Å². The molecule has 0 saturated heterocycles. The molecule has 0 saturated carbocycles. The summed E-state index contributed by atoms with van der Waals surface area (Å²) in [5, 5.41) is 34.6. The lowest BCUT2D eigenvalue weighted by molar-refractivity contribution is -0.135. The number of amides is 2. The Labute approximate surface area is 189 Å².